The van der Waals surface area contributed by atoms with E-state index in [-0.39, 0.29) is 4.82 Å². The van der Waals surface area contributed by atoms with Crippen LogP contribution in [0.4, 0.5) is 0 Å². The molecule has 0 aromatic carbocycles. The minimum atomic E-state index is -0.892. The van der Waals surface area contributed by atoms with Crippen LogP contribution in [-0.2, 0) is 4.79 Å². The van der Waals surface area contributed by atoms with Crippen molar-refractivity contribution in [3.63, 3.8) is 0 Å². The van der Waals surface area contributed by atoms with Gasteiger partial charge in [-0.2, -0.15) is 0 Å². The number of carbonyl (C=O) groups is 1. The number of hydrogen-bond acceptors (Lipinski definition) is 2. The summed E-state index contributed by atoms with van der Waals surface area (Å²) in [6, 6.07) is -0.696. The first-order valence-electron chi connectivity index (χ1n) is 3.20. The summed E-state index contributed by atoms with van der Waals surface area (Å²) in [6.07, 6.45) is 0. The quantitative estimate of drug-likeness (QED) is 0.695. The first-order chi connectivity index (χ1) is 5.00. The topological polar surface area (TPSA) is 63.3 Å². The van der Waals surface area contributed by atoms with E-state index in [4.69, 9.17) is 10.8 Å². The molecular weight excluding hydrogens is 276 g/mol. The first-order valence-corrected chi connectivity index (χ1v) is 6.98. The van der Waals surface area contributed by atoms with Gasteiger partial charge in [0.05, 0.1) is 0 Å². The van der Waals surface area contributed by atoms with Crippen molar-refractivity contribution in [3.8, 4) is 0 Å². The predicted molar refractivity (Wildman–Crippen MR) is 47.6 cm³/mol. The molecule has 3 nitrogen and oxygen atoms in total. The molecule has 0 aliphatic carbocycles. The second-order valence-electron chi connectivity index (χ2n) is 2.30. The van der Waals surface area contributed by atoms with Crippen LogP contribution in [-0.4, -0.2) is 48.1 Å². The van der Waals surface area contributed by atoms with Crippen molar-refractivity contribution in [2.45, 2.75) is 28.4 Å². The molecule has 3 N–H and O–H groups in total. The van der Waals surface area contributed by atoms with Crippen LogP contribution < -0.4 is 5.73 Å². The fourth-order valence-electron chi connectivity index (χ4n) is 0.784. The van der Waals surface area contributed by atoms with E-state index in [2.05, 4.69) is 16.0 Å². The van der Waals surface area contributed by atoms with E-state index in [1.54, 1.807) is 0 Å². The average molecular weight is 289 g/mol. The molecule has 0 bridgehead atoms. The number of carboxylic acid groups (broad SMARTS) is 1. The van der Waals surface area contributed by atoms with E-state index in [9.17, 15) is 4.79 Å². The Morgan fingerprint density at radius 3 is 2.27 bits per heavy atom. The van der Waals surface area contributed by atoms with Gasteiger partial charge in [-0.1, -0.05) is 0 Å². The van der Waals surface area contributed by atoms with Crippen LogP contribution in [0.25, 0.3) is 0 Å². The summed E-state index contributed by atoms with van der Waals surface area (Å²) in [4.78, 5) is 10.9. The van der Waals surface area contributed by atoms with Crippen molar-refractivity contribution in [3.05, 3.63) is 0 Å². The van der Waals surface area contributed by atoms with Gasteiger partial charge in [0.15, 0.2) is 0 Å². The van der Waals surface area contributed by atoms with Crippen LogP contribution >= 0.6 is 0 Å². The summed E-state index contributed by atoms with van der Waals surface area (Å²) in [5.74, 6) is 1.13. The molecule has 5 heteroatoms. The van der Waals surface area contributed by atoms with Crippen molar-refractivity contribution in [2.24, 2.45) is 5.73 Å². The Bertz CT molecular complexity index is 141. The molecule has 0 spiro atoms. The van der Waals surface area contributed by atoms with E-state index in [0.717, 1.165) is 0 Å². The summed E-state index contributed by atoms with van der Waals surface area (Å²) in [7, 11) is 0. The van der Waals surface area contributed by atoms with Gasteiger partial charge in [0.2, 0.25) is 0 Å². The molecule has 0 aromatic heterocycles. The van der Waals surface area contributed by atoms with Crippen molar-refractivity contribution in [2.75, 3.05) is 0 Å². The van der Waals surface area contributed by atoms with Gasteiger partial charge in [-0.25, -0.2) is 0 Å². The fraction of sp³-hybridized carbons (Fsp3) is 0.833. The van der Waals surface area contributed by atoms with Gasteiger partial charge in [-0.15, -0.1) is 0 Å². The predicted octanol–water partition coefficient (Wildman–Crippen LogP) is -0.352. The average Bonchev–Trinajstić information content (AvgIpc) is 1.88. The standard InChI is InChI=1S/C6H13NO2Se2/c1-3(10)5(11-2)4(7)6(8)9/h3-5,10H,7H2,1-2H3,(H,8,9). The molecule has 0 aromatic rings. The van der Waals surface area contributed by atoms with Crippen LogP contribution in [0.15, 0.2) is 0 Å². The van der Waals surface area contributed by atoms with Crippen LogP contribution in [0, 0.1) is 0 Å². The second kappa shape index (κ2) is 5.17. The normalized spacial score (nSPS) is 18.9. The molecule has 0 heterocycles. The van der Waals surface area contributed by atoms with E-state index < -0.39 is 12.0 Å². The number of carboxylic acids is 1. The van der Waals surface area contributed by atoms with Crippen LogP contribution in [0.5, 0.6) is 0 Å². The van der Waals surface area contributed by atoms with Crippen molar-refractivity contribution < 1.29 is 9.90 Å². The number of hydrogen-bond donors (Lipinski definition) is 2. The molecule has 11 heavy (non-hydrogen) atoms. The first kappa shape index (κ1) is 11.5. The zero-order valence-electron chi connectivity index (χ0n) is 6.52. The molecule has 0 radical (unpaired) electrons. The number of aliphatic carboxylic acids is 1. The van der Waals surface area contributed by atoms with Gasteiger partial charge in [0, 0.05) is 0 Å². The van der Waals surface area contributed by atoms with Gasteiger partial charge in [0.25, 0.3) is 0 Å². The SMILES string of the molecule is C[Se]C(C(C)[SeH])C(N)C(=O)O. The Kier molecular flexibility index (Phi) is 5.39. The van der Waals surface area contributed by atoms with Crippen LogP contribution in [0.2, 0.25) is 15.5 Å². The van der Waals surface area contributed by atoms with Gasteiger partial charge < -0.3 is 0 Å². The third kappa shape index (κ3) is 3.59. The van der Waals surface area contributed by atoms with Crippen LogP contribution in [0.3, 0.4) is 0 Å². The second-order valence-corrected chi connectivity index (χ2v) is 6.15. The molecule has 3 unspecified atom stereocenters. The molecule has 0 saturated carbocycles. The number of nitrogens with two attached hydrogens (primary N) is 1. The molecule has 0 fully saturated rings. The summed E-state index contributed by atoms with van der Waals surface area (Å²) < 4.78 is 0. The number of rotatable bonds is 4. The zero-order valence-corrected chi connectivity index (χ0v) is 10.1. The van der Waals surface area contributed by atoms with Gasteiger partial charge in [-0.3, -0.25) is 0 Å². The molecule has 3 atom stereocenters. The Labute approximate surface area is 81.1 Å². The molecule has 0 amide bonds. The molecule has 0 aliphatic rings. The van der Waals surface area contributed by atoms with Gasteiger partial charge in [-0.05, 0) is 0 Å². The van der Waals surface area contributed by atoms with Crippen molar-refractivity contribution >= 4 is 36.9 Å². The maximum absolute atomic E-state index is 10.5. The summed E-state index contributed by atoms with van der Waals surface area (Å²) in [5, 5.41) is 8.61. The summed E-state index contributed by atoms with van der Waals surface area (Å²) in [5.41, 5.74) is 5.48. The fourth-order valence-corrected chi connectivity index (χ4v) is 4.19. The molecule has 66 valence electrons. The van der Waals surface area contributed by atoms with E-state index in [1.807, 2.05) is 12.7 Å². The van der Waals surface area contributed by atoms with E-state index in [0.29, 0.717) is 19.8 Å². The maximum atomic E-state index is 10.5. The van der Waals surface area contributed by atoms with Gasteiger partial charge in [0.1, 0.15) is 0 Å². The molecule has 0 aliphatic heterocycles. The molecule has 0 saturated heterocycles. The van der Waals surface area contributed by atoms with Crippen LogP contribution in [0.1, 0.15) is 6.92 Å². The minimum absolute atomic E-state index is 0.125. The van der Waals surface area contributed by atoms with Gasteiger partial charge >= 0.3 is 81.0 Å². The van der Waals surface area contributed by atoms with E-state index >= 15 is 0 Å². The van der Waals surface area contributed by atoms with E-state index in [1.165, 1.54) is 0 Å². The zero-order chi connectivity index (χ0) is 9.02. The molecule has 0 rings (SSSR count). The Hall–Kier alpha value is 0.469. The third-order valence-electron chi connectivity index (χ3n) is 1.39. The Morgan fingerprint density at radius 2 is 2.18 bits per heavy atom. The summed E-state index contributed by atoms with van der Waals surface area (Å²) in [6.45, 7) is 1.98. The van der Waals surface area contributed by atoms with Crippen molar-refractivity contribution in [1.82, 2.24) is 0 Å². The summed E-state index contributed by atoms with van der Waals surface area (Å²) >= 11 is 2.75. The monoisotopic (exact) mass is 291 g/mol. The molecular formula is C6H13NO2Se2. The third-order valence-corrected chi connectivity index (χ3v) is 5.66. The Balaban J connectivity index is 4.13. The van der Waals surface area contributed by atoms with Crippen molar-refractivity contribution in [1.29, 1.82) is 0 Å². The Morgan fingerprint density at radius 1 is 1.73 bits per heavy atom.